The van der Waals surface area contributed by atoms with Crippen molar-refractivity contribution >= 4 is 0 Å². The van der Waals surface area contributed by atoms with Gasteiger partial charge in [0.2, 0.25) is 0 Å². The van der Waals surface area contributed by atoms with Crippen LogP contribution >= 0.6 is 0 Å². The highest BCUT2D eigenvalue weighted by Gasteiger charge is 2.25. The van der Waals surface area contributed by atoms with Crippen molar-refractivity contribution in [3.8, 4) is 28.0 Å². The zero-order chi connectivity index (χ0) is 24.4. The molecule has 1 aliphatic rings. The van der Waals surface area contributed by atoms with E-state index in [2.05, 4.69) is 6.92 Å². The first-order chi connectivity index (χ1) is 17.0. The molecular weight excluding hydrogens is 449 g/mol. The highest BCUT2D eigenvalue weighted by atomic mass is 19.2. The van der Waals surface area contributed by atoms with Crippen molar-refractivity contribution in [3.05, 3.63) is 113 Å². The highest BCUT2D eigenvalue weighted by Crippen LogP contribution is 2.33. The highest BCUT2D eigenvalue weighted by molar-refractivity contribution is 5.66. The maximum atomic E-state index is 14.8. The topological polar surface area (TPSA) is 21.8 Å². The van der Waals surface area contributed by atoms with E-state index in [1.165, 1.54) is 11.6 Å². The SMILES string of the molecule is CCCc1ccc(-c2ccc(COc3ccc(-c4ccc(C5CO5)cc4F)cc3)c(F)c2F)cc1. The predicted octanol–water partition coefficient (Wildman–Crippen LogP) is 8.04. The minimum absolute atomic E-state index is 0.0000293. The lowest BCUT2D eigenvalue weighted by Gasteiger charge is -2.12. The average molecular weight is 475 g/mol. The Kier molecular flexibility index (Phi) is 6.60. The molecule has 5 rings (SSSR count). The molecule has 5 heteroatoms. The summed E-state index contributed by atoms with van der Waals surface area (Å²) in [6.45, 7) is 2.61. The lowest BCUT2D eigenvalue weighted by molar-refractivity contribution is 0.297. The average Bonchev–Trinajstić information content (AvgIpc) is 3.72. The molecule has 0 bridgehead atoms. The third-order valence-electron chi connectivity index (χ3n) is 6.22. The maximum absolute atomic E-state index is 14.8. The van der Waals surface area contributed by atoms with Gasteiger partial charge in [0.15, 0.2) is 11.6 Å². The fraction of sp³-hybridized carbons (Fsp3) is 0.200. The quantitative estimate of drug-likeness (QED) is 0.241. The second-order valence-corrected chi connectivity index (χ2v) is 8.72. The number of ether oxygens (including phenoxy) is 2. The Morgan fingerprint density at radius 2 is 1.46 bits per heavy atom. The molecule has 0 aromatic heterocycles. The largest absolute Gasteiger partial charge is 0.489 e. The molecule has 0 radical (unpaired) electrons. The van der Waals surface area contributed by atoms with Crippen molar-refractivity contribution in [1.82, 2.24) is 0 Å². The molecule has 2 nitrogen and oxygen atoms in total. The van der Waals surface area contributed by atoms with Gasteiger partial charge in [0.05, 0.1) is 6.61 Å². The predicted molar refractivity (Wildman–Crippen MR) is 131 cm³/mol. The second-order valence-electron chi connectivity index (χ2n) is 8.72. The van der Waals surface area contributed by atoms with Crippen LogP contribution in [0.5, 0.6) is 5.75 Å². The molecule has 0 aliphatic carbocycles. The Morgan fingerprint density at radius 3 is 2.11 bits per heavy atom. The standard InChI is InChI=1S/C30H25F3O2/c1-2-3-19-4-6-21(7-5-19)26-15-11-23(29(32)30(26)33)17-34-24-12-8-20(9-13-24)25-14-10-22(16-27(25)31)28-18-35-28/h4-16,28H,2-3,17-18H2,1H3. The van der Waals surface area contributed by atoms with Crippen molar-refractivity contribution in [3.63, 3.8) is 0 Å². The number of halogens is 3. The second kappa shape index (κ2) is 9.96. The van der Waals surface area contributed by atoms with Gasteiger partial charge in [0.1, 0.15) is 24.3 Å². The maximum Gasteiger partial charge on any atom is 0.167 e. The number of hydrogen-bond acceptors (Lipinski definition) is 2. The summed E-state index contributed by atoms with van der Waals surface area (Å²) >= 11 is 0. The van der Waals surface area contributed by atoms with E-state index < -0.39 is 11.6 Å². The van der Waals surface area contributed by atoms with Gasteiger partial charge in [-0.25, -0.2) is 13.2 Å². The van der Waals surface area contributed by atoms with E-state index in [-0.39, 0.29) is 29.7 Å². The van der Waals surface area contributed by atoms with Gasteiger partial charge in [0.25, 0.3) is 0 Å². The molecule has 0 spiro atoms. The van der Waals surface area contributed by atoms with Gasteiger partial charge < -0.3 is 9.47 Å². The molecule has 4 aromatic carbocycles. The number of rotatable bonds is 8. The molecular formula is C30H25F3O2. The molecule has 178 valence electrons. The van der Waals surface area contributed by atoms with Gasteiger partial charge in [-0.05, 0) is 46.9 Å². The summed E-state index contributed by atoms with van der Waals surface area (Å²) in [7, 11) is 0. The van der Waals surface area contributed by atoms with E-state index in [0.29, 0.717) is 29.0 Å². The molecule has 1 fully saturated rings. The molecule has 0 N–H and O–H groups in total. The molecule has 1 unspecified atom stereocenters. The van der Waals surface area contributed by atoms with E-state index in [1.54, 1.807) is 42.5 Å². The van der Waals surface area contributed by atoms with E-state index in [0.717, 1.165) is 18.4 Å². The summed E-state index contributed by atoms with van der Waals surface area (Å²) in [5.41, 5.74) is 4.16. The minimum atomic E-state index is -0.918. The van der Waals surface area contributed by atoms with Gasteiger partial charge in [0, 0.05) is 16.7 Å². The summed E-state index contributed by atoms with van der Waals surface area (Å²) in [5, 5.41) is 0. The Labute approximate surface area is 203 Å². The third-order valence-corrected chi connectivity index (χ3v) is 6.22. The number of hydrogen-bond donors (Lipinski definition) is 0. The lowest BCUT2D eigenvalue weighted by atomic mass is 10.00. The van der Waals surface area contributed by atoms with Crippen LogP contribution in [0.15, 0.2) is 78.9 Å². The van der Waals surface area contributed by atoms with Crippen LogP contribution in [0.25, 0.3) is 22.3 Å². The van der Waals surface area contributed by atoms with Gasteiger partial charge in [-0.2, -0.15) is 0 Å². The molecule has 0 amide bonds. The smallest absolute Gasteiger partial charge is 0.167 e. The van der Waals surface area contributed by atoms with Crippen LogP contribution in [0.4, 0.5) is 13.2 Å². The van der Waals surface area contributed by atoms with E-state index in [4.69, 9.17) is 9.47 Å². The first-order valence-corrected chi connectivity index (χ1v) is 11.7. The third kappa shape index (κ3) is 5.10. The molecule has 1 heterocycles. The van der Waals surface area contributed by atoms with Crippen LogP contribution in [0.1, 0.15) is 36.1 Å². The van der Waals surface area contributed by atoms with Crippen molar-refractivity contribution in [1.29, 1.82) is 0 Å². The fourth-order valence-electron chi connectivity index (χ4n) is 4.16. The lowest BCUT2D eigenvalue weighted by Crippen LogP contribution is -2.02. The summed E-state index contributed by atoms with van der Waals surface area (Å²) in [4.78, 5) is 0. The van der Waals surface area contributed by atoms with Crippen LogP contribution in [0, 0.1) is 17.5 Å². The van der Waals surface area contributed by atoms with Crippen LogP contribution in [0.2, 0.25) is 0 Å². The summed E-state index contributed by atoms with van der Waals surface area (Å²) in [6, 6.07) is 22.6. The van der Waals surface area contributed by atoms with Gasteiger partial charge in [-0.15, -0.1) is 0 Å². The number of epoxide rings is 1. The molecule has 1 saturated heterocycles. The van der Waals surface area contributed by atoms with E-state index >= 15 is 0 Å². The Bertz CT molecular complexity index is 1330. The molecule has 35 heavy (non-hydrogen) atoms. The van der Waals surface area contributed by atoms with Crippen LogP contribution in [0.3, 0.4) is 0 Å². The number of benzene rings is 4. The van der Waals surface area contributed by atoms with Crippen LogP contribution < -0.4 is 4.74 Å². The monoisotopic (exact) mass is 474 g/mol. The minimum Gasteiger partial charge on any atom is -0.489 e. The van der Waals surface area contributed by atoms with Gasteiger partial charge in [-0.3, -0.25) is 0 Å². The molecule has 0 saturated carbocycles. The van der Waals surface area contributed by atoms with Crippen molar-refractivity contribution in [2.24, 2.45) is 0 Å². The van der Waals surface area contributed by atoms with Crippen LogP contribution in [-0.4, -0.2) is 6.61 Å². The molecule has 4 aromatic rings. The first kappa shape index (κ1) is 23.2. The number of aryl methyl sites for hydroxylation is 1. The Morgan fingerprint density at radius 1 is 0.800 bits per heavy atom. The first-order valence-electron chi connectivity index (χ1n) is 11.7. The molecule has 1 atom stereocenters. The van der Waals surface area contributed by atoms with Crippen molar-refractivity contribution < 1.29 is 22.6 Å². The van der Waals surface area contributed by atoms with Gasteiger partial charge >= 0.3 is 0 Å². The summed E-state index contributed by atoms with van der Waals surface area (Å²) in [5.74, 6) is -1.64. The van der Waals surface area contributed by atoms with Crippen molar-refractivity contribution in [2.75, 3.05) is 6.61 Å². The normalized spacial score (nSPS) is 14.7. The zero-order valence-electron chi connectivity index (χ0n) is 19.4. The Hall–Kier alpha value is -3.57. The van der Waals surface area contributed by atoms with Crippen LogP contribution in [-0.2, 0) is 17.8 Å². The molecule has 1 aliphatic heterocycles. The zero-order valence-corrected chi connectivity index (χ0v) is 19.4. The van der Waals surface area contributed by atoms with Crippen molar-refractivity contribution in [2.45, 2.75) is 32.5 Å². The van der Waals surface area contributed by atoms with Gasteiger partial charge in [-0.1, -0.05) is 74.0 Å². The summed E-state index contributed by atoms with van der Waals surface area (Å²) in [6.07, 6.45) is 1.98. The summed E-state index contributed by atoms with van der Waals surface area (Å²) < 4.78 is 55.0. The van der Waals surface area contributed by atoms with E-state index in [1.807, 2.05) is 30.3 Å². The van der Waals surface area contributed by atoms with E-state index in [9.17, 15) is 13.2 Å². The Balaban J connectivity index is 1.26. The fourth-order valence-corrected chi connectivity index (χ4v) is 4.16.